The number of pyridine rings is 1. The van der Waals surface area contributed by atoms with Gasteiger partial charge in [0.25, 0.3) is 0 Å². The van der Waals surface area contributed by atoms with Crippen molar-refractivity contribution in [2.45, 2.75) is 6.92 Å². The van der Waals surface area contributed by atoms with Crippen molar-refractivity contribution in [3.05, 3.63) is 164 Å². The summed E-state index contributed by atoms with van der Waals surface area (Å²) in [5.74, 6) is 0. The van der Waals surface area contributed by atoms with E-state index in [1.807, 2.05) is 13.1 Å². The van der Waals surface area contributed by atoms with Gasteiger partial charge in [0.1, 0.15) is 0 Å². The standard InChI is InChI=1S/C42H29N/c1-28-15-16-36(27-43-28)30-19-17-29(18-20-30)32-21-22-34-26-35(24-23-33(34)25-32)42-39-13-7-5-11-37(39)41(31-9-3-2-4-10-31)38-12-6-8-14-40(38)42/h2-27H,1H3. The molecule has 0 aliphatic carbocycles. The zero-order valence-electron chi connectivity index (χ0n) is 24.0. The second-order valence-corrected chi connectivity index (χ2v) is 11.2. The van der Waals surface area contributed by atoms with Crippen LogP contribution in [-0.2, 0) is 0 Å². The highest BCUT2D eigenvalue weighted by atomic mass is 14.7. The van der Waals surface area contributed by atoms with Crippen LogP contribution in [0.3, 0.4) is 0 Å². The van der Waals surface area contributed by atoms with Crippen molar-refractivity contribution in [3.8, 4) is 44.5 Å². The molecule has 0 aliphatic heterocycles. The fourth-order valence-corrected chi connectivity index (χ4v) is 6.43. The second kappa shape index (κ2) is 10.4. The lowest BCUT2D eigenvalue weighted by Crippen LogP contribution is -1.90. The van der Waals surface area contributed by atoms with Crippen LogP contribution in [-0.4, -0.2) is 4.98 Å². The van der Waals surface area contributed by atoms with Crippen LogP contribution in [0.25, 0.3) is 76.8 Å². The lowest BCUT2D eigenvalue weighted by atomic mass is 9.85. The summed E-state index contributed by atoms with van der Waals surface area (Å²) in [6.07, 6.45) is 1.94. The molecule has 7 aromatic carbocycles. The lowest BCUT2D eigenvalue weighted by Gasteiger charge is -2.18. The van der Waals surface area contributed by atoms with Gasteiger partial charge in [-0.2, -0.15) is 0 Å². The molecule has 1 aromatic heterocycles. The molecule has 0 saturated carbocycles. The number of rotatable bonds is 4. The SMILES string of the molecule is Cc1ccc(-c2ccc(-c3ccc4cc(-c5c6ccccc6c(-c6ccccc6)c6ccccc56)ccc4c3)cc2)cn1. The third kappa shape index (κ3) is 4.47. The highest BCUT2D eigenvalue weighted by molar-refractivity contribution is 6.21. The van der Waals surface area contributed by atoms with Gasteiger partial charge in [-0.05, 0) is 96.4 Å². The number of nitrogens with zero attached hydrogens (tertiary/aromatic N) is 1. The molecule has 0 bridgehead atoms. The monoisotopic (exact) mass is 547 g/mol. The predicted octanol–water partition coefficient (Wildman–Crippen LogP) is 11.5. The maximum atomic E-state index is 4.45. The third-order valence-corrected chi connectivity index (χ3v) is 8.59. The highest BCUT2D eigenvalue weighted by Gasteiger charge is 2.16. The summed E-state index contributed by atoms with van der Waals surface area (Å²) < 4.78 is 0. The summed E-state index contributed by atoms with van der Waals surface area (Å²) in [7, 11) is 0. The van der Waals surface area contributed by atoms with Crippen LogP contribution in [0.15, 0.2) is 158 Å². The van der Waals surface area contributed by atoms with Crippen molar-refractivity contribution >= 4 is 32.3 Å². The van der Waals surface area contributed by atoms with Crippen molar-refractivity contribution in [2.24, 2.45) is 0 Å². The number of aromatic nitrogens is 1. The van der Waals surface area contributed by atoms with E-state index in [1.165, 1.54) is 71.3 Å². The molecule has 0 unspecified atom stereocenters. The quantitative estimate of drug-likeness (QED) is 0.200. The Kier molecular flexibility index (Phi) is 6.09. The molecule has 0 atom stereocenters. The first-order chi connectivity index (χ1) is 21.2. The average Bonchev–Trinajstić information content (AvgIpc) is 3.07. The summed E-state index contributed by atoms with van der Waals surface area (Å²) >= 11 is 0. The van der Waals surface area contributed by atoms with E-state index in [0.717, 1.165) is 11.3 Å². The van der Waals surface area contributed by atoms with E-state index in [4.69, 9.17) is 0 Å². The number of benzene rings is 7. The van der Waals surface area contributed by atoms with Crippen molar-refractivity contribution in [3.63, 3.8) is 0 Å². The Labute approximate surface area is 251 Å². The minimum atomic E-state index is 1.03. The van der Waals surface area contributed by atoms with Gasteiger partial charge in [0.2, 0.25) is 0 Å². The molecule has 8 rings (SSSR count). The van der Waals surface area contributed by atoms with E-state index in [0.29, 0.717) is 0 Å². The molecule has 0 radical (unpaired) electrons. The molecule has 8 aromatic rings. The fourth-order valence-electron chi connectivity index (χ4n) is 6.43. The fraction of sp³-hybridized carbons (Fsp3) is 0.0238. The zero-order valence-corrected chi connectivity index (χ0v) is 24.0. The number of aryl methyl sites for hydroxylation is 1. The van der Waals surface area contributed by atoms with Gasteiger partial charge in [0, 0.05) is 17.5 Å². The normalized spacial score (nSPS) is 11.4. The van der Waals surface area contributed by atoms with Crippen LogP contribution in [0.4, 0.5) is 0 Å². The Hall–Kier alpha value is -5.53. The maximum Gasteiger partial charge on any atom is 0.0373 e. The van der Waals surface area contributed by atoms with Crippen molar-refractivity contribution in [1.82, 2.24) is 4.98 Å². The second-order valence-electron chi connectivity index (χ2n) is 11.2. The van der Waals surface area contributed by atoms with Crippen LogP contribution in [0.1, 0.15) is 5.69 Å². The Balaban J connectivity index is 1.23. The van der Waals surface area contributed by atoms with Crippen LogP contribution in [0, 0.1) is 6.92 Å². The van der Waals surface area contributed by atoms with Crippen molar-refractivity contribution in [2.75, 3.05) is 0 Å². The van der Waals surface area contributed by atoms with Gasteiger partial charge in [-0.3, -0.25) is 4.98 Å². The van der Waals surface area contributed by atoms with Crippen LogP contribution >= 0.6 is 0 Å². The summed E-state index contributed by atoms with van der Waals surface area (Å²) in [5, 5.41) is 7.59. The molecule has 0 fully saturated rings. The molecule has 1 heterocycles. The van der Waals surface area contributed by atoms with Gasteiger partial charge in [-0.25, -0.2) is 0 Å². The number of hydrogen-bond acceptors (Lipinski definition) is 1. The molecular weight excluding hydrogens is 518 g/mol. The van der Waals surface area contributed by atoms with E-state index >= 15 is 0 Å². The first-order valence-electron chi connectivity index (χ1n) is 14.8. The predicted molar refractivity (Wildman–Crippen MR) is 183 cm³/mol. The lowest BCUT2D eigenvalue weighted by molar-refractivity contribution is 1.20. The van der Waals surface area contributed by atoms with Gasteiger partial charge in [0.15, 0.2) is 0 Å². The molecule has 0 aliphatic rings. The number of hydrogen-bond donors (Lipinski definition) is 0. The first kappa shape index (κ1) is 25.2. The highest BCUT2D eigenvalue weighted by Crippen LogP contribution is 2.44. The summed E-state index contributed by atoms with van der Waals surface area (Å²) in [4.78, 5) is 4.45. The minimum absolute atomic E-state index is 1.03. The molecule has 0 saturated heterocycles. The molecule has 202 valence electrons. The van der Waals surface area contributed by atoms with E-state index < -0.39 is 0 Å². The van der Waals surface area contributed by atoms with Gasteiger partial charge >= 0.3 is 0 Å². The molecule has 0 amide bonds. The molecule has 43 heavy (non-hydrogen) atoms. The van der Waals surface area contributed by atoms with Gasteiger partial charge in [0.05, 0.1) is 0 Å². The molecule has 1 heteroatoms. The first-order valence-corrected chi connectivity index (χ1v) is 14.8. The zero-order chi connectivity index (χ0) is 28.8. The van der Waals surface area contributed by atoms with Gasteiger partial charge < -0.3 is 0 Å². The van der Waals surface area contributed by atoms with Crippen molar-refractivity contribution < 1.29 is 0 Å². The summed E-state index contributed by atoms with van der Waals surface area (Å²) in [6, 6.07) is 55.1. The van der Waals surface area contributed by atoms with E-state index in [2.05, 4.69) is 157 Å². The Morgan fingerprint density at radius 3 is 1.35 bits per heavy atom. The topological polar surface area (TPSA) is 12.9 Å². The number of fused-ring (bicyclic) bond motifs is 3. The summed E-state index contributed by atoms with van der Waals surface area (Å²) in [6.45, 7) is 2.02. The van der Waals surface area contributed by atoms with E-state index in [9.17, 15) is 0 Å². The van der Waals surface area contributed by atoms with Crippen molar-refractivity contribution in [1.29, 1.82) is 0 Å². The third-order valence-electron chi connectivity index (χ3n) is 8.59. The Morgan fingerprint density at radius 1 is 0.349 bits per heavy atom. The van der Waals surface area contributed by atoms with Crippen LogP contribution < -0.4 is 0 Å². The smallest absolute Gasteiger partial charge is 0.0373 e. The minimum Gasteiger partial charge on any atom is -0.261 e. The molecular formula is C42H29N. The Morgan fingerprint density at radius 2 is 0.791 bits per heavy atom. The Bertz CT molecular complexity index is 2200. The average molecular weight is 548 g/mol. The molecule has 0 N–H and O–H groups in total. The van der Waals surface area contributed by atoms with Crippen LogP contribution in [0.2, 0.25) is 0 Å². The molecule has 1 nitrogen and oxygen atoms in total. The van der Waals surface area contributed by atoms with Crippen LogP contribution in [0.5, 0.6) is 0 Å². The molecule has 0 spiro atoms. The van der Waals surface area contributed by atoms with E-state index in [-0.39, 0.29) is 0 Å². The largest absolute Gasteiger partial charge is 0.261 e. The maximum absolute atomic E-state index is 4.45. The van der Waals surface area contributed by atoms with Gasteiger partial charge in [-0.15, -0.1) is 0 Å². The van der Waals surface area contributed by atoms with E-state index in [1.54, 1.807) is 0 Å². The van der Waals surface area contributed by atoms with Gasteiger partial charge in [-0.1, -0.05) is 133 Å². The summed E-state index contributed by atoms with van der Waals surface area (Å²) in [5.41, 5.74) is 10.9.